The van der Waals surface area contributed by atoms with Gasteiger partial charge in [0.05, 0.1) is 17.9 Å². The van der Waals surface area contributed by atoms with E-state index in [-0.39, 0.29) is 17.8 Å². The standard InChI is InChI=1S/C32H31N5O3/c1-4-40-32(39)24-13-15-26(16-14-24)34-29-30-33-17-18-36(30)21-28(35-29)25-11-8-12-27(19-25)37(20-22(2)3)31(38)23-9-6-5-7-10-23/h5-19,21-22H,4,20H2,1-3H3,(H,34,35). The van der Waals surface area contributed by atoms with Gasteiger partial charge in [0.25, 0.3) is 5.91 Å². The maximum atomic E-state index is 13.5. The van der Waals surface area contributed by atoms with E-state index in [0.29, 0.717) is 35.7 Å². The molecule has 0 saturated heterocycles. The lowest BCUT2D eigenvalue weighted by Gasteiger charge is -2.25. The van der Waals surface area contributed by atoms with Crippen molar-refractivity contribution in [2.75, 3.05) is 23.4 Å². The number of hydrogen-bond donors (Lipinski definition) is 1. The Morgan fingerprint density at radius 3 is 2.48 bits per heavy atom. The zero-order chi connectivity index (χ0) is 28.1. The Morgan fingerprint density at radius 1 is 0.975 bits per heavy atom. The number of hydrogen-bond acceptors (Lipinski definition) is 6. The second kappa shape index (κ2) is 11.8. The molecule has 0 aliphatic rings. The van der Waals surface area contributed by atoms with Gasteiger partial charge in [0.1, 0.15) is 0 Å². The average molecular weight is 534 g/mol. The number of esters is 1. The van der Waals surface area contributed by atoms with Gasteiger partial charge < -0.3 is 19.4 Å². The molecule has 0 spiro atoms. The zero-order valence-electron chi connectivity index (χ0n) is 22.7. The highest BCUT2D eigenvalue weighted by Crippen LogP contribution is 2.29. The van der Waals surface area contributed by atoms with Crippen LogP contribution in [0.3, 0.4) is 0 Å². The predicted molar refractivity (Wildman–Crippen MR) is 157 cm³/mol. The molecule has 0 fully saturated rings. The number of anilines is 3. The van der Waals surface area contributed by atoms with E-state index >= 15 is 0 Å². The number of nitrogens with one attached hydrogen (secondary N) is 1. The van der Waals surface area contributed by atoms with Gasteiger partial charge in [0, 0.05) is 47.6 Å². The van der Waals surface area contributed by atoms with Crippen molar-refractivity contribution in [3.8, 4) is 11.3 Å². The quantitative estimate of drug-likeness (QED) is 0.214. The number of nitrogens with zero attached hydrogens (tertiary/aromatic N) is 4. The van der Waals surface area contributed by atoms with E-state index in [4.69, 9.17) is 9.72 Å². The third-order valence-corrected chi connectivity index (χ3v) is 6.30. The molecule has 0 atom stereocenters. The number of benzene rings is 3. The molecule has 3 aromatic carbocycles. The molecule has 2 aromatic heterocycles. The highest BCUT2D eigenvalue weighted by molar-refractivity contribution is 6.06. The molecule has 0 saturated carbocycles. The predicted octanol–water partition coefficient (Wildman–Crippen LogP) is 6.62. The van der Waals surface area contributed by atoms with Crippen LogP contribution in [-0.4, -0.2) is 39.4 Å². The molecule has 2 heterocycles. The first-order valence-corrected chi connectivity index (χ1v) is 13.3. The number of carbonyl (C=O) groups is 2. The zero-order valence-corrected chi connectivity index (χ0v) is 22.7. The summed E-state index contributed by atoms with van der Waals surface area (Å²) < 4.78 is 6.98. The van der Waals surface area contributed by atoms with Crippen molar-refractivity contribution in [3.05, 3.63) is 109 Å². The minimum Gasteiger partial charge on any atom is -0.462 e. The summed E-state index contributed by atoms with van der Waals surface area (Å²) in [5.41, 5.74) is 4.93. The Morgan fingerprint density at radius 2 is 1.75 bits per heavy atom. The fourth-order valence-electron chi connectivity index (χ4n) is 4.44. The van der Waals surface area contributed by atoms with Crippen LogP contribution >= 0.6 is 0 Å². The van der Waals surface area contributed by atoms with Crippen LogP contribution in [0.1, 0.15) is 41.5 Å². The van der Waals surface area contributed by atoms with Crippen LogP contribution in [0.4, 0.5) is 17.2 Å². The smallest absolute Gasteiger partial charge is 0.338 e. The molecule has 1 amide bonds. The topological polar surface area (TPSA) is 88.8 Å². The summed E-state index contributed by atoms with van der Waals surface area (Å²) in [6.07, 6.45) is 5.50. The maximum absolute atomic E-state index is 13.5. The number of carbonyl (C=O) groups excluding carboxylic acids is 2. The van der Waals surface area contributed by atoms with Crippen molar-refractivity contribution in [2.45, 2.75) is 20.8 Å². The van der Waals surface area contributed by atoms with Crippen molar-refractivity contribution in [1.29, 1.82) is 0 Å². The van der Waals surface area contributed by atoms with Crippen LogP contribution in [-0.2, 0) is 4.74 Å². The number of imidazole rings is 1. The maximum Gasteiger partial charge on any atom is 0.338 e. The molecule has 0 radical (unpaired) electrons. The minimum absolute atomic E-state index is 0.0434. The molecule has 0 bridgehead atoms. The molecule has 0 unspecified atom stereocenters. The fraction of sp³-hybridized carbons (Fsp3) is 0.188. The molecule has 5 aromatic rings. The van der Waals surface area contributed by atoms with Gasteiger partial charge in [-0.2, -0.15) is 0 Å². The average Bonchev–Trinajstić information content (AvgIpc) is 3.46. The van der Waals surface area contributed by atoms with Crippen LogP contribution in [0.25, 0.3) is 16.9 Å². The Kier molecular flexibility index (Phi) is 7.87. The highest BCUT2D eigenvalue weighted by atomic mass is 16.5. The van der Waals surface area contributed by atoms with Crippen LogP contribution in [0.15, 0.2) is 97.5 Å². The van der Waals surface area contributed by atoms with Gasteiger partial charge in [-0.15, -0.1) is 0 Å². The number of aromatic nitrogens is 3. The van der Waals surface area contributed by atoms with Crippen LogP contribution < -0.4 is 10.2 Å². The Hall–Kier alpha value is -4.98. The third-order valence-electron chi connectivity index (χ3n) is 6.30. The molecule has 1 N–H and O–H groups in total. The first-order valence-electron chi connectivity index (χ1n) is 13.3. The van der Waals surface area contributed by atoms with E-state index < -0.39 is 0 Å². The minimum atomic E-state index is -0.359. The molecule has 8 nitrogen and oxygen atoms in total. The Labute approximate surface area is 233 Å². The number of rotatable bonds is 9. The van der Waals surface area contributed by atoms with Gasteiger partial charge in [-0.05, 0) is 61.4 Å². The fourth-order valence-corrected chi connectivity index (χ4v) is 4.44. The van der Waals surface area contributed by atoms with E-state index in [1.54, 1.807) is 37.4 Å². The lowest BCUT2D eigenvalue weighted by molar-refractivity contribution is 0.0526. The van der Waals surface area contributed by atoms with Crippen LogP contribution in [0, 0.1) is 5.92 Å². The van der Waals surface area contributed by atoms with Gasteiger partial charge in [0.15, 0.2) is 11.5 Å². The Bertz CT molecular complexity index is 1630. The van der Waals surface area contributed by atoms with Gasteiger partial charge >= 0.3 is 5.97 Å². The lowest BCUT2D eigenvalue weighted by atomic mass is 10.1. The number of amides is 1. The summed E-state index contributed by atoms with van der Waals surface area (Å²) in [6.45, 7) is 6.88. The van der Waals surface area contributed by atoms with Gasteiger partial charge in [-0.1, -0.05) is 44.2 Å². The molecule has 8 heteroatoms. The highest BCUT2D eigenvalue weighted by Gasteiger charge is 2.20. The molecule has 5 rings (SSSR count). The molecule has 0 aliphatic carbocycles. The summed E-state index contributed by atoms with van der Waals surface area (Å²) in [6, 6.07) is 24.2. The van der Waals surface area contributed by atoms with E-state index in [0.717, 1.165) is 22.6 Å². The first-order chi connectivity index (χ1) is 19.4. The van der Waals surface area contributed by atoms with E-state index in [9.17, 15) is 9.59 Å². The third kappa shape index (κ3) is 5.86. The van der Waals surface area contributed by atoms with Crippen molar-refractivity contribution >= 4 is 34.7 Å². The molecular formula is C32H31N5O3. The van der Waals surface area contributed by atoms with E-state index in [1.807, 2.05) is 76.3 Å². The molecule has 40 heavy (non-hydrogen) atoms. The first kappa shape index (κ1) is 26.6. The number of ether oxygens (including phenoxy) is 1. The van der Waals surface area contributed by atoms with Crippen molar-refractivity contribution in [3.63, 3.8) is 0 Å². The summed E-state index contributed by atoms with van der Waals surface area (Å²) in [5.74, 6) is 0.444. The van der Waals surface area contributed by atoms with E-state index in [2.05, 4.69) is 24.1 Å². The lowest BCUT2D eigenvalue weighted by Crippen LogP contribution is -2.34. The SMILES string of the molecule is CCOC(=O)c1ccc(Nc2nc(-c3cccc(N(CC(C)C)C(=O)c4ccccc4)c3)cn3ccnc23)cc1. The summed E-state index contributed by atoms with van der Waals surface area (Å²) in [5, 5.41) is 3.33. The van der Waals surface area contributed by atoms with Crippen molar-refractivity contribution in [2.24, 2.45) is 5.92 Å². The van der Waals surface area contributed by atoms with E-state index in [1.165, 1.54) is 0 Å². The van der Waals surface area contributed by atoms with Gasteiger partial charge in [0.2, 0.25) is 0 Å². The second-order valence-electron chi connectivity index (χ2n) is 9.78. The summed E-state index contributed by atoms with van der Waals surface area (Å²) >= 11 is 0. The van der Waals surface area contributed by atoms with Crippen LogP contribution in [0.5, 0.6) is 0 Å². The second-order valence-corrected chi connectivity index (χ2v) is 9.78. The number of fused-ring (bicyclic) bond motifs is 1. The molecular weight excluding hydrogens is 502 g/mol. The molecule has 0 aliphatic heterocycles. The Balaban J connectivity index is 1.48. The van der Waals surface area contributed by atoms with Gasteiger partial charge in [-0.3, -0.25) is 4.79 Å². The largest absolute Gasteiger partial charge is 0.462 e. The normalized spacial score (nSPS) is 11.0. The van der Waals surface area contributed by atoms with Gasteiger partial charge in [-0.25, -0.2) is 14.8 Å². The monoisotopic (exact) mass is 533 g/mol. The van der Waals surface area contributed by atoms with Crippen molar-refractivity contribution < 1.29 is 14.3 Å². The van der Waals surface area contributed by atoms with Crippen molar-refractivity contribution in [1.82, 2.24) is 14.4 Å². The summed E-state index contributed by atoms with van der Waals surface area (Å²) in [4.78, 5) is 36.7. The van der Waals surface area contributed by atoms with Crippen LogP contribution in [0.2, 0.25) is 0 Å². The summed E-state index contributed by atoms with van der Waals surface area (Å²) in [7, 11) is 0. The molecule has 202 valence electrons.